The third kappa shape index (κ3) is 2.74. The number of thiocarbonyl (C=S) groups is 1. The van der Waals surface area contributed by atoms with Crippen molar-refractivity contribution in [3.05, 3.63) is 76.2 Å². The van der Waals surface area contributed by atoms with Crippen LogP contribution in [0.15, 0.2) is 60.1 Å². The van der Waals surface area contributed by atoms with Crippen LogP contribution in [0.25, 0.3) is 0 Å². The van der Waals surface area contributed by atoms with E-state index in [1.54, 1.807) is 11.3 Å². The average Bonchev–Trinajstić information content (AvgIpc) is 3.27. The number of fused-ring (bicyclic) bond motifs is 1. The third-order valence-corrected chi connectivity index (χ3v) is 5.76. The lowest BCUT2D eigenvalue weighted by Gasteiger charge is -2.38. The average molecular weight is 354 g/mol. The minimum absolute atomic E-state index is 0.178. The maximum absolute atomic E-state index is 5.78. The first-order valence-corrected chi connectivity index (χ1v) is 9.34. The van der Waals surface area contributed by atoms with E-state index in [0.717, 1.165) is 23.9 Å². The van der Waals surface area contributed by atoms with E-state index in [1.807, 2.05) is 12.1 Å². The van der Waals surface area contributed by atoms with Gasteiger partial charge in [-0.15, -0.1) is 11.3 Å². The first-order chi connectivity index (χ1) is 11.7. The number of nitrogens with one attached hydrogen (secondary N) is 1. The predicted octanol–water partition coefficient (Wildman–Crippen LogP) is 4.66. The van der Waals surface area contributed by atoms with Crippen LogP contribution in [0.5, 0.6) is 0 Å². The smallest absolute Gasteiger partial charge is 0.174 e. The lowest BCUT2D eigenvalue weighted by molar-refractivity contribution is 0.297. The number of hydrogen-bond acceptors (Lipinski definition) is 2. The summed E-state index contributed by atoms with van der Waals surface area (Å²) in [5.74, 6) is 0. The van der Waals surface area contributed by atoms with Gasteiger partial charge in [0.05, 0.1) is 0 Å². The molecule has 1 aliphatic rings. The Morgan fingerprint density at radius 2 is 2.00 bits per heavy atom. The second kappa shape index (κ2) is 6.42. The van der Waals surface area contributed by atoms with Crippen LogP contribution >= 0.6 is 23.6 Å². The minimum Gasteiger partial charge on any atom is -0.347 e. The molecule has 0 unspecified atom stereocenters. The molecule has 1 N–H and O–H groups in total. The molecule has 1 atom stereocenters. The Labute approximate surface area is 151 Å². The second-order valence-electron chi connectivity index (χ2n) is 5.98. The van der Waals surface area contributed by atoms with E-state index >= 15 is 0 Å². The Kier molecular flexibility index (Phi) is 4.12. The first-order valence-electron chi connectivity index (χ1n) is 8.06. The third-order valence-electron chi connectivity index (χ3n) is 4.50. The molecule has 5 heteroatoms. The maximum Gasteiger partial charge on any atom is 0.174 e. The number of rotatable bonds is 2. The molecule has 0 saturated carbocycles. The van der Waals surface area contributed by atoms with E-state index in [-0.39, 0.29) is 6.04 Å². The van der Waals surface area contributed by atoms with E-state index in [1.165, 1.54) is 16.1 Å². The molecular weight excluding hydrogens is 334 g/mol. The number of aromatic nitrogens is 1. The van der Waals surface area contributed by atoms with Gasteiger partial charge >= 0.3 is 0 Å². The van der Waals surface area contributed by atoms with Crippen molar-refractivity contribution in [2.75, 3.05) is 11.9 Å². The highest BCUT2D eigenvalue weighted by atomic mass is 32.1. The van der Waals surface area contributed by atoms with Crippen molar-refractivity contribution in [2.45, 2.75) is 19.5 Å². The molecule has 4 rings (SSSR count). The quantitative estimate of drug-likeness (QED) is 0.677. The number of aryl methyl sites for hydroxylation is 1. The molecule has 1 aliphatic heterocycles. The van der Waals surface area contributed by atoms with Crippen molar-refractivity contribution < 1.29 is 0 Å². The zero-order valence-electron chi connectivity index (χ0n) is 13.5. The van der Waals surface area contributed by atoms with Gasteiger partial charge in [-0.1, -0.05) is 24.3 Å². The zero-order chi connectivity index (χ0) is 16.5. The van der Waals surface area contributed by atoms with Crippen LogP contribution in [0.2, 0.25) is 0 Å². The first kappa shape index (κ1) is 15.4. The molecule has 3 aromatic rings. The van der Waals surface area contributed by atoms with Crippen molar-refractivity contribution in [3.8, 4) is 0 Å². The molecule has 0 fully saturated rings. The summed E-state index contributed by atoms with van der Waals surface area (Å²) in [6, 6.07) is 17.1. The van der Waals surface area contributed by atoms with Crippen molar-refractivity contribution in [2.24, 2.45) is 0 Å². The Balaban J connectivity index is 1.66. The highest BCUT2D eigenvalue weighted by Crippen LogP contribution is 2.35. The predicted molar refractivity (Wildman–Crippen MR) is 105 cm³/mol. The van der Waals surface area contributed by atoms with Gasteiger partial charge in [0.1, 0.15) is 6.04 Å². The van der Waals surface area contributed by atoms with E-state index in [9.17, 15) is 0 Å². The van der Waals surface area contributed by atoms with Crippen LogP contribution in [0.1, 0.15) is 22.2 Å². The fraction of sp³-hybridized carbons (Fsp3) is 0.211. The van der Waals surface area contributed by atoms with Gasteiger partial charge < -0.3 is 14.8 Å². The monoisotopic (exact) mass is 353 g/mol. The Morgan fingerprint density at radius 3 is 2.79 bits per heavy atom. The molecule has 0 amide bonds. The summed E-state index contributed by atoms with van der Waals surface area (Å²) >= 11 is 7.56. The standard InChI is InChI=1S/C19H19N3S2/c1-14-6-2-3-7-15(14)20-19(23)22-12-11-21-10-4-8-16(21)18(22)17-9-5-13-24-17/h2-10,13,18H,11-12H2,1H3,(H,20,23)/t18-/m0/s1. The van der Waals surface area contributed by atoms with Crippen molar-refractivity contribution in [3.63, 3.8) is 0 Å². The van der Waals surface area contributed by atoms with E-state index in [2.05, 4.69) is 69.7 Å². The number of anilines is 1. The molecule has 0 aliphatic carbocycles. The minimum atomic E-state index is 0.178. The topological polar surface area (TPSA) is 20.2 Å². The maximum atomic E-state index is 5.78. The molecule has 0 spiro atoms. The van der Waals surface area contributed by atoms with E-state index in [4.69, 9.17) is 12.2 Å². The van der Waals surface area contributed by atoms with Crippen molar-refractivity contribution in [1.82, 2.24) is 9.47 Å². The van der Waals surface area contributed by atoms with Gasteiger partial charge in [0.25, 0.3) is 0 Å². The highest BCUT2D eigenvalue weighted by molar-refractivity contribution is 7.80. The van der Waals surface area contributed by atoms with Crippen LogP contribution < -0.4 is 5.32 Å². The Bertz CT molecular complexity index is 851. The molecule has 2 aromatic heterocycles. The molecular formula is C19H19N3S2. The van der Waals surface area contributed by atoms with Gasteiger partial charge in [0.2, 0.25) is 0 Å². The lowest BCUT2D eigenvalue weighted by Crippen LogP contribution is -2.44. The van der Waals surface area contributed by atoms with Crippen molar-refractivity contribution in [1.29, 1.82) is 0 Å². The van der Waals surface area contributed by atoms with Gasteiger partial charge in [-0.25, -0.2) is 0 Å². The fourth-order valence-corrected chi connectivity index (χ4v) is 4.40. The Morgan fingerprint density at radius 1 is 1.12 bits per heavy atom. The summed E-state index contributed by atoms with van der Waals surface area (Å²) in [5.41, 5.74) is 3.58. The van der Waals surface area contributed by atoms with Crippen LogP contribution in [0.4, 0.5) is 5.69 Å². The molecule has 24 heavy (non-hydrogen) atoms. The zero-order valence-corrected chi connectivity index (χ0v) is 15.1. The number of para-hydroxylation sites is 1. The van der Waals surface area contributed by atoms with E-state index < -0.39 is 0 Å². The van der Waals surface area contributed by atoms with Gasteiger partial charge in [-0.05, 0) is 54.4 Å². The van der Waals surface area contributed by atoms with Gasteiger partial charge in [0.15, 0.2) is 5.11 Å². The molecule has 3 nitrogen and oxygen atoms in total. The highest BCUT2D eigenvalue weighted by Gasteiger charge is 2.31. The summed E-state index contributed by atoms with van der Waals surface area (Å²) < 4.78 is 2.33. The van der Waals surface area contributed by atoms with Crippen LogP contribution in [-0.2, 0) is 6.54 Å². The van der Waals surface area contributed by atoms with Crippen LogP contribution in [-0.4, -0.2) is 21.1 Å². The van der Waals surface area contributed by atoms with E-state index in [0.29, 0.717) is 0 Å². The summed E-state index contributed by atoms with van der Waals surface area (Å²) in [7, 11) is 0. The summed E-state index contributed by atoms with van der Waals surface area (Å²) in [5, 5.41) is 6.37. The second-order valence-corrected chi connectivity index (χ2v) is 7.35. The van der Waals surface area contributed by atoms with Crippen LogP contribution in [0, 0.1) is 6.92 Å². The van der Waals surface area contributed by atoms with Crippen molar-refractivity contribution >= 4 is 34.4 Å². The summed E-state index contributed by atoms with van der Waals surface area (Å²) in [6.45, 7) is 3.96. The van der Waals surface area contributed by atoms with Gasteiger partial charge in [-0.3, -0.25) is 0 Å². The fourth-order valence-electron chi connectivity index (χ4n) is 3.25. The molecule has 122 valence electrons. The largest absolute Gasteiger partial charge is 0.347 e. The normalized spacial score (nSPS) is 16.7. The molecule has 0 radical (unpaired) electrons. The summed E-state index contributed by atoms with van der Waals surface area (Å²) in [4.78, 5) is 3.63. The van der Waals surface area contributed by atoms with Crippen LogP contribution in [0.3, 0.4) is 0 Å². The molecule has 0 saturated heterocycles. The molecule has 1 aromatic carbocycles. The number of nitrogens with zero attached hydrogens (tertiary/aromatic N) is 2. The SMILES string of the molecule is Cc1ccccc1NC(=S)N1CCn2cccc2[C@H]1c1cccs1. The molecule has 0 bridgehead atoms. The summed E-state index contributed by atoms with van der Waals surface area (Å²) in [6.07, 6.45) is 2.16. The lowest BCUT2D eigenvalue weighted by atomic mass is 10.1. The number of thiophene rings is 1. The molecule has 3 heterocycles. The number of benzene rings is 1. The van der Waals surface area contributed by atoms with Gasteiger partial charge in [0, 0.05) is 35.5 Å². The number of hydrogen-bond donors (Lipinski definition) is 1. The van der Waals surface area contributed by atoms with Gasteiger partial charge in [-0.2, -0.15) is 0 Å². The Hall–Kier alpha value is -2.11.